The molecule has 4 bridgehead atoms. The van der Waals surface area contributed by atoms with Gasteiger partial charge in [0.1, 0.15) is 23.5 Å². The van der Waals surface area contributed by atoms with E-state index in [-0.39, 0.29) is 48.4 Å². The Hall–Kier alpha value is -4.27. The van der Waals surface area contributed by atoms with Crippen molar-refractivity contribution in [2.75, 3.05) is 13.1 Å². The average molecular weight is 575 g/mol. The molecule has 2 unspecified atom stereocenters. The number of hydrogen-bond donors (Lipinski definition) is 3. The van der Waals surface area contributed by atoms with Gasteiger partial charge in [-0.3, -0.25) is 14.4 Å². The van der Waals surface area contributed by atoms with E-state index in [4.69, 9.17) is 4.74 Å². The van der Waals surface area contributed by atoms with Crippen LogP contribution in [0.3, 0.4) is 0 Å². The SMILES string of the molecule is O=C(NCCNC(=O)c1ccc(-c2c(F)cccc2F)cc1)c1ccc(OC2C3CC4CC2CC(C(=O)O)(C4)C3)cc1. The Morgan fingerprint density at radius 3 is 1.83 bits per heavy atom. The van der Waals surface area contributed by atoms with Crippen LogP contribution < -0.4 is 15.4 Å². The summed E-state index contributed by atoms with van der Waals surface area (Å²) in [6.45, 7) is 0.401. The minimum absolute atomic E-state index is 0.00851. The molecule has 3 N–H and O–H groups in total. The second kappa shape index (κ2) is 11.2. The highest BCUT2D eigenvalue weighted by molar-refractivity contribution is 5.95. The molecule has 2 amide bonds. The highest BCUT2D eigenvalue weighted by atomic mass is 19.1. The van der Waals surface area contributed by atoms with Gasteiger partial charge < -0.3 is 20.5 Å². The predicted molar refractivity (Wildman–Crippen MR) is 151 cm³/mol. The lowest BCUT2D eigenvalue weighted by molar-refractivity contribution is -0.175. The highest BCUT2D eigenvalue weighted by Gasteiger charge is 2.59. The van der Waals surface area contributed by atoms with Gasteiger partial charge >= 0.3 is 5.97 Å². The van der Waals surface area contributed by atoms with E-state index in [9.17, 15) is 28.3 Å². The second-order valence-electron chi connectivity index (χ2n) is 11.8. The van der Waals surface area contributed by atoms with Crippen LogP contribution in [-0.4, -0.2) is 42.1 Å². The molecule has 0 radical (unpaired) electrons. The van der Waals surface area contributed by atoms with Crippen LogP contribution >= 0.6 is 0 Å². The molecule has 0 heterocycles. The number of halogens is 2. The maximum Gasteiger partial charge on any atom is 0.309 e. The Balaban J connectivity index is 0.966. The van der Waals surface area contributed by atoms with Crippen LogP contribution in [0.1, 0.15) is 52.8 Å². The maximum absolute atomic E-state index is 14.0. The lowest BCUT2D eigenvalue weighted by Crippen LogP contribution is -2.57. The van der Waals surface area contributed by atoms with Crippen molar-refractivity contribution in [3.63, 3.8) is 0 Å². The minimum atomic E-state index is -0.678. The first-order chi connectivity index (χ1) is 20.2. The van der Waals surface area contributed by atoms with Crippen LogP contribution in [0.4, 0.5) is 8.78 Å². The molecular weight excluding hydrogens is 542 g/mol. The van der Waals surface area contributed by atoms with Crippen LogP contribution in [0.2, 0.25) is 0 Å². The molecule has 9 heteroatoms. The molecule has 3 aromatic rings. The van der Waals surface area contributed by atoms with Gasteiger partial charge in [-0.2, -0.15) is 0 Å². The molecule has 0 spiro atoms. The molecule has 7 nitrogen and oxygen atoms in total. The first-order valence-electron chi connectivity index (χ1n) is 14.3. The smallest absolute Gasteiger partial charge is 0.309 e. The first-order valence-corrected chi connectivity index (χ1v) is 14.3. The minimum Gasteiger partial charge on any atom is -0.490 e. The van der Waals surface area contributed by atoms with Gasteiger partial charge in [-0.25, -0.2) is 8.78 Å². The van der Waals surface area contributed by atoms with Crippen molar-refractivity contribution >= 4 is 17.8 Å². The zero-order valence-corrected chi connectivity index (χ0v) is 22.9. The van der Waals surface area contributed by atoms with Crippen molar-refractivity contribution < 1.29 is 33.0 Å². The van der Waals surface area contributed by atoms with Crippen molar-refractivity contribution in [1.82, 2.24) is 10.6 Å². The lowest BCUT2D eigenvalue weighted by Gasteiger charge is -2.57. The third-order valence-electron chi connectivity index (χ3n) is 9.12. The van der Waals surface area contributed by atoms with Gasteiger partial charge in [-0.1, -0.05) is 18.2 Å². The van der Waals surface area contributed by atoms with Gasteiger partial charge in [0.2, 0.25) is 0 Å². The molecule has 0 aromatic heterocycles. The van der Waals surface area contributed by atoms with Gasteiger partial charge in [-0.05, 0) is 104 Å². The van der Waals surface area contributed by atoms with Crippen molar-refractivity contribution in [2.45, 2.75) is 38.2 Å². The normalized spacial score (nSPS) is 25.6. The van der Waals surface area contributed by atoms with Crippen LogP contribution in [0.15, 0.2) is 66.7 Å². The number of benzene rings is 3. The molecule has 4 fully saturated rings. The lowest BCUT2D eigenvalue weighted by atomic mass is 9.48. The second-order valence-corrected chi connectivity index (χ2v) is 11.8. The van der Waals surface area contributed by atoms with Crippen molar-refractivity contribution in [2.24, 2.45) is 23.2 Å². The summed E-state index contributed by atoms with van der Waals surface area (Å²) in [5.41, 5.74) is 0.393. The number of carbonyl (C=O) groups excluding carboxylic acids is 2. The van der Waals surface area contributed by atoms with E-state index >= 15 is 0 Å². The number of aliphatic carboxylic acids is 1. The zero-order chi connectivity index (χ0) is 29.4. The average Bonchev–Trinajstić information content (AvgIpc) is 2.97. The fourth-order valence-corrected chi connectivity index (χ4v) is 7.39. The predicted octanol–water partition coefficient (Wildman–Crippen LogP) is 5.45. The summed E-state index contributed by atoms with van der Waals surface area (Å²) >= 11 is 0. The quantitative estimate of drug-likeness (QED) is 0.295. The van der Waals surface area contributed by atoms with Crippen LogP contribution in [0.5, 0.6) is 5.75 Å². The Bertz CT molecular complexity index is 1470. The fourth-order valence-electron chi connectivity index (χ4n) is 7.39. The largest absolute Gasteiger partial charge is 0.490 e. The standard InChI is InChI=1S/C33H32F2N2O5/c34-26-2-1-3-27(35)28(26)20-4-6-21(7-5-20)30(38)36-12-13-37-31(39)22-8-10-25(11-9-22)42-29-23-14-19-15-24(29)18-33(16-19,17-23)32(40)41/h1-11,19,23-24,29H,12-18H2,(H,36,38)(H,37,39)(H,40,41). The molecule has 42 heavy (non-hydrogen) atoms. The Morgan fingerprint density at radius 2 is 1.31 bits per heavy atom. The first kappa shape index (κ1) is 27.9. The third kappa shape index (κ3) is 5.35. The van der Waals surface area contributed by atoms with Crippen LogP contribution in [0, 0.1) is 34.8 Å². The van der Waals surface area contributed by atoms with E-state index in [1.54, 1.807) is 24.3 Å². The summed E-state index contributed by atoms with van der Waals surface area (Å²) in [4.78, 5) is 37.0. The number of hydrogen-bond acceptors (Lipinski definition) is 4. The van der Waals surface area contributed by atoms with E-state index in [1.807, 2.05) is 0 Å². The number of rotatable bonds is 9. The fraction of sp³-hybridized carbons (Fsp3) is 0.364. The van der Waals surface area contributed by atoms with Crippen LogP contribution in [-0.2, 0) is 4.79 Å². The van der Waals surface area contributed by atoms with Crippen molar-refractivity contribution in [1.29, 1.82) is 0 Å². The van der Waals surface area contributed by atoms with E-state index in [0.717, 1.165) is 19.3 Å². The van der Waals surface area contributed by atoms with E-state index in [1.165, 1.54) is 42.5 Å². The van der Waals surface area contributed by atoms with E-state index in [2.05, 4.69) is 10.6 Å². The number of carboxylic acid groups (broad SMARTS) is 1. The molecule has 0 saturated heterocycles. The summed E-state index contributed by atoms with van der Waals surface area (Å²) < 4.78 is 34.4. The Morgan fingerprint density at radius 1 is 0.786 bits per heavy atom. The molecule has 7 rings (SSSR count). The van der Waals surface area contributed by atoms with E-state index in [0.29, 0.717) is 41.2 Å². The third-order valence-corrected chi connectivity index (χ3v) is 9.12. The highest BCUT2D eigenvalue weighted by Crippen LogP contribution is 2.60. The molecule has 4 saturated carbocycles. The summed E-state index contributed by atoms with van der Waals surface area (Å²) in [6.07, 6.45) is 4.20. The molecule has 2 atom stereocenters. The number of amides is 2. The summed E-state index contributed by atoms with van der Waals surface area (Å²) in [5, 5.41) is 15.3. The van der Waals surface area contributed by atoms with Gasteiger partial charge in [0.15, 0.2) is 0 Å². The molecule has 3 aromatic carbocycles. The molecule has 4 aliphatic carbocycles. The van der Waals surface area contributed by atoms with Crippen molar-refractivity contribution in [3.8, 4) is 16.9 Å². The summed E-state index contributed by atoms with van der Waals surface area (Å²) in [7, 11) is 0. The summed E-state index contributed by atoms with van der Waals surface area (Å²) in [5.74, 6) is -1.03. The van der Waals surface area contributed by atoms with Crippen molar-refractivity contribution in [3.05, 3.63) is 89.5 Å². The molecule has 4 aliphatic rings. The van der Waals surface area contributed by atoms with Gasteiger partial charge in [0.25, 0.3) is 11.8 Å². The summed E-state index contributed by atoms with van der Waals surface area (Å²) in [6, 6.07) is 16.5. The zero-order valence-electron chi connectivity index (χ0n) is 22.9. The number of carboxylic acids is 1. The van der Waals surface area contributed by atoms with Gasteiger partial charge in [0.05, 0.1) is 11.0 Å². The van der Waals surface area contributed by atoms with Gasteiger partial charge in [0, 0.05) is 24.2 Å². The number of carbonyl (C=O) groups is 3. The monoisotopic (exact) mass is 574 g/mol. The number of ether oxygens (including phenoxy) is 1. The number of nitrogens with one attached hydrogen (secondary N) is 2. The topological polar surface area (TPSA) is 105 Å². The van der Waals surface area contributed by atoms with E-state index < -0.39 is 23.0 Å². The van der Waals surface area contributed by atoms with Gasteiger partial charge in [-0.15, -0.1) is 0 Å². The Labute approximate surface area is 242 Å². The van der Waals surface area contributed by atoms with Crippen LogP contribution in [0.25, 0.3) is 11.1 Å². The maximum atomic E-state index is 14.0. The Kier molecular flexibility index (Phi) is 7.43. The molecule has 218 valence electrons. The molecular formula is C33H32F2N2O5. The molecule has 0 aliphatic heterocycles.